The Bertz CT molecular complexity index is 695. The van der Waals surface area contributed by atoms with E-state index >= 15 is 0 Å². The third-order valence-corrected chi connectivity index (χ3v) is 2.99. The molecule has 4 nitrogen and oxygen atoms in total. The van der Waals surface area contributed by atoms with Gasteiger partial charge in [0.05, 0.1) is 11.1 Å². The van der Waals surface area contributed by atoms with E-state index in [-0.39, 0.29) is 11.5 Å². The molecule has 2 N–H and O–H groups in total. The fourth-order valence-corrected chi connectivity index (χ4v) is 2.14. The number of nitrogens with two attached hydrogens (primary N) is 1. The molecule has 2 aromatic heterocycles. The molecule has 2 bridgehead atoms. The maximum Gasteiger partial charge on any atom is 0.263 e. The highest BCUT2D eigenvalue weighted by molar-refractivity contribution is 6.10. The van der Waals surface area contributed by atoms with E-state index < -0.39 is 5.91 Å². The topological polar surface area (TPSA) is 65.1 Å². The van der Waals surface area contributed by atoms with Crippen LogP contribution in [-0.4, -0.2) is 16.4 Å². The summed E-state index contributed by atoms with van der Waals surface area (Å²) in [6.45, 7) is 0. The Hall–Kier alpha value is -2.62. The Morgan fingerprint density at radius 2 is 1.33 bits per heavy atom. The van der Waals surface area contributed by atoms with E-state index in [1.807, 2.05) is 24.3 Å². The maximum atomic E-state index is 12.4. The van der Waals surface area contributed by atoms with Crippen molar-refractivity contribution in [2.24, 2.45) is 5.73 Å². The van der Waals surface area contributed by atoms with Gasteiger partial charge in [0.2, 0.25) is 5.91 Å². The van der Waals surface area contributed by atoms with E-state index in [2.05, 4.69) is 0 Å². The van der Waals surface area contributed by atoms with Crippen molar-refractivity contribution in [3.8, 4) is 0 Å². The molecule has 0 saturated heterocycles. The van der Waals surface area contributed by atoms with Crippen molar-refractivity contribution < 1.29 is 9.59 Å². The Morgan fingerprint density at radius 3 is 1.83 bits per heavy atom. The van der Waals surface area contributed by atoms with Crippen LogP contribution in [0.2, 0.25) is 0 Å². The summed E-state index contributed by atoms with van der Waals surface area (Å²) in [5.41, 5.74) is 7.48. The first-order chi connectivity index (χ1) is 8.68. The quantitative estimate of drug-likeness (QED) is 0.740. The Balaban J connectivity index is 2.17. The summed E-state index contributed by atoms with van der Waals surface area (Å²) < 4.78 is 1.57. The standard InChI is InChI=1S/C14H10N2O2/c15-13(17)11-3-1-2-4-12(11)14(18)16-9-5-6-10(16)8-7-9/h1-8H,(H2,15,17). The third kappa shape index (κ3) is 1.39. The number of rotatable bonds is 2. The first kappa shape index (κ1) is 10.5. The summed E-state index contributed by atoms with van der Waals surface area (Å²) in [6, 6.07) is 14.0. The Labute approximate surface area is 103 Å². The number of amides is 1. The number of nitrogens with zero attached hydrogens (tertiary/aromatic N) is 1. The monoisotopic (exact) mass is 238 g/mol. The maximum absolute atomic E-state index is 12.4. The Kier molecular flexibility index (Phi) is 2.16. The highest BCUT2D eigenvalue weighted by Gasteiger charge is 2.18. The van der Waals surface area contributed by atoms with Gasteiger partial charge < -0.3 is 5.73 Å². The molecule has 4 heteroatoms. The lowest BCUT2D eigenvalue weighted by Crippen LogP contribution is -2.19. The van der Waals surface area contributed by atoms with Gasteiger partial charge in [-0.15, -0.1) is 0 Å². The lowest BCUT2D eigenvalue weighted by molar-refractivity contribution is 0.0948. The molecule has 0 radical (unpaired) electrons. The summed E-state index contributed by atoms with van der Waals surface area (Å²) in [4.78, 5) is 23.8. The zero-order chi connectivity index (χ0) is 12.7. The highest BCUT2D eigenvalue weighted by atomic mass is 16.2. The molecule has 3 rings (SSSR count). The summed E-state index contributed by atoms with van der Waals surface area (Å²) in [7, 11) is 0. The van der Waals surface area contributed by atoms with Gasteiger partial charge in [0, 0.05) is 11.0 Å². The molecule has 88 valence electrons. The van der Waals surface area contributed by atoms with Crippen molar-refractivity contribution in [2.45, 2.75) is 0 Å². The molecule has 0 aliphatic rings. The third-order valence-electron chi connectivity index (χ3n) is 2.99. The molecular formula is C14H10N2O2. The molecule has 0 spiro atoms. The van der Waals surface area contributed by atoms with Crippen LogP contribution in [0.5, 0.6) is 0 Å². The van der Waals surface area contributed by atoms with E-state index in [1.54, 1.807) is 28.8 Å². The van der Waals surface area contributed by atoms with Gasteiger partial charge in [0.25, 0.3) is 5.91 Å². The SMILES string of the molecule is NC(=O)c1ccccc1C(=O)n1c2ccc1cc2. The average Bonchev–Trinajstić information content (AvgIpc) is 2.97. The number of benzene rings is 2. The van der Waals surface area contributed by atoms with Gasteiger partial charge in [0.15, 0.2) is 0 Å². The molecule has 0 saturated carbocycles. The van der Waals surface area contributed by atoms with Crippen molar-refractivity contribution in [2.75, 3.05) is 0 Å². The largest absolute Gasteiger partial charge is 0.366 e. The van der Waals surface area contributed by atoms with Crippen LogP contribution in [0.4, 0.5) is 0 Å². The van der Waals surface area contributed by atoms with Crippen LogP contribution in [0.3, 0.4) is 0 Å². The van der Waals surface area contributed by atoms with E-state index in [0.29, 0.717) is 5.56 Å². The van der Waals surface area contributed by atoms with Gasteiger partial charge in [-0.3, -0.25) is 14.2 Å². The van der Waals surface area contributed by atoms with Crippen molar-refractivity contribution in [1.82, 2.24) is 4.57 Å². The second-order valence-corrected chi connectivity index (χ2v) is 4.07. The predicted octanol–water partition coefficient (Wildman–Crippen LogP) is 1.87. The van der Waals surface area contributed by atoms with Crippen LogP contribution in [-0.2, 0) is 0 Å². The molecule has 1 amide bonds. The lowest BCUT2D eigenvalue weighted by atomic mass is 10.1. The fourth-order valence-electron chi connectivity index (χ4n) is 2.14. The van der Waals surface area contributed by atoms with Gasteiger partial charge in [0.1, 0.15) is 0 Å². The van der Waals surface area contributed by atoms with Gasteiger partial charge in [-0.2, -0.15) is 0 Å². The van der Waals surface area contributed by atoms with Crippen molar-refractivity contribution in [3.63, 3.8) is 0 Å². The van der Waals surface area contributed by atoms with Crippen LogP contribution in [0.25, 0.3) is 11.0 Å². The summed E-state index contributed by atoms with van der Waals surface area (Å²) in [5, 5.41) is 0. The van der Waals surface area contributed by atoms with Crippen LogP contribution < -0.4 is 5.73 Å². The smallest absolute Gasteiger partial charge is 0.263 e. The second kappa shape index (κ2) is 3.70. The van der Waals surface area contributed by atoms with Gasteiger partial charge in [-0.25, -0.2) is 0 Å². The second-order valence-electron chi connectivity index (χ2n) is 4.07. The first-order valence-electron chi connectivity index (χ1n) is 5.52. The van der Waals surface area contributed by atoms with Crippen LogP contribution in [0.1, 0.15) is 20.7 Å². The number of hydrogen-bond donors (Lipinski definition) is 1. The van der Waals surface area contributed by atoms with Crippen molar-refractivity contribution in [1.29, 1.82) is 0 Å². The van der Waals surface area contributed by atoms with E-state index in [4.69, 9.17) is 5.73 Å². The number of carbonyl (C=O) groups excluding carboxylic acids is 2. The summed E-state index contributed by atoms with van der Waals surface area (Å²) in [5.74, 6) is -0.828. The van der Waals surface area contributed by atoms with Crippen LogP contribution >= 0.6 is 0 Å². The van der Waals surface area contributed by atoms with Crippen molar-refractivity contribution in [3.05, 3.63) is 59.7 Å². The highest BCUT2D eigenvalue weighted by Crippen LogP contribution is 2.20. The number of primary amides is 1. The fraction of sp³-hybridized carbons (Fsp3) is 0. The summed E-state index contributed by atoms with van der Waals surface area (Å²) in [6.07, 6.45) is 0. The number of aromatic nitrogens is 1. The van der Waals surface area contributed by atoms with Gasteiger partial charge in [-0.1, -0.05) is 12.1 Å². The zero-order valence-corrected chi connectivity index (χ0v) is 9.46. The normalized spacial score (nSPS) is 10.9. The molecule has 0 fully saturated rings. The minimum absolute atomic E-state index is 0.232. The van der Waals surface area contributed by atoms with Gasteiger partial charge >= 0.3 is 0 Å². The van der Waals surface area contributed by atoms with Crippen LogP contribution in [0.15, 0.2) is 48.5 Å². The molecule has 0 atom stereocenters. The zero-order valence-electron chi connectivity index (χ0n) is 9.46. The molecule has 2 heterocycles. The molecular weight excluding hydrogens is 228 g/mol. The molecule has 0 aliphatic carbocycles. The Morgan fingerprint density at radius 1 is 0.833 bits per heavy atom. The van der Waals surface area contributed by atoms with E-state index in [0.717, 1.165) is 11.0 Å². The molecule has 0 unspecified atom stereocenters. The summed E-state index contributed by atoms with van der Waals surface area (Å²) >= 11 is 0. The number of fused-ring (bicyclic) bond motifs is 2. The minimum Gasteiger partial charge on any atom is -0.366 e. The lowest BCUT2D eigenvalue weighted by Gasteiger charge is -2.06. The number of carbonyl (C=O) groups is 2. The van der Waals surface area contributed by atoms with Gasteiger partial charge in [-0.05, 0) is 36.4 Å². The molecule has 0 aliphatic heterocycles. The average molecular weight is 238 g/mol. The van der Waals surface area contributed by atoms with E-state index in [1.165, 1.54) is 0 Å². The molecule has 3 aromatic rings. The minimum atomic E-state index is -0.596. The van der Waals surface area contributed by atoms with Crippen LogP contribution in [0, 0.1) is 0 Å². The predicted molar refractivity (Wildman–Crippen MR) is 67.8 cm³/mol. The van der Waals surface area contributed by atoms with Crippen molar-refractivity contribution >= 4 is 22.8 Å². The first-order valence-corrected chi connectivity index (χ1v) is 5.52. The number of hydrogen-bond acceptors (Lipinski definition) is 2. The molecule has 1 aromatic carbocycles. The van der Waals surface area contributed by atoms with E-state index in [9.17, 15) is 9.59 Å². The molecule has 18 heavy (non-hydrogen) atoms.